The fourth-order valence-electron chi connectivity index (χ4n) is 4.23. The molecule has 35 heavy (non-hydrogen) atoms. The summed E-state index contributed by atoms with van der Waals surface area (Å²) in [6.07, 6.45) is 6.27. The minimum atomic E-state index is -3.75. The van der Waals surface area contributed by atoms with Gasteiger partial charge in [0.05, 0.1) is 11.9 Å². The zero-order valence-electron chi connectivity index (χ0n) is 19.9. The van der Waals surface area contributed by atoms with E-state index >= 15 is 0 Å². The van der Waals surface area contributed by atoms with Gasteiger partial charge in [0.2, 0.25) is 21.8 Å². The third-order valence-electron chi connectivity index (χ3n) is 6.14. The van der Waals surface area contributed by atoms with Gasteiger partial charge in [0.1, 0.15) is 12.6 Å². The first-order chi connectivity index (χ1) is 16.5. The van der Waals surface area contributed by atoms with Crippen LogP contribution in [0.5, 0.6) is 0 Å². The summed E-state index contributed by atoms with van der Waals surface area (Å²) in [4.78, 5) is 28.2. The average molecular weight is 629 g/mol. The second-order valence-corrected chi connectivity index (χ2v) is 12.7. The molecule has 1 aliphatic rings. The summed E-state index contributed by atoms with van der Waals surface area (Å²) >= 11 is 6.81. The summed E-state index contributed by atoms with van der Waals surface area (Å²) in [7, 11) is -3.75. The molecular formula is C25H31Br2N3O4S. The van der Waals surface area contributed by atoms with Crippen LogP contribution in [0.2, 0.25) is 0 Å². The number of nitrogens with zero attached hydrogens (tertiary/aromatic N) is 2. The minimum Gasteiger partial charge on any atom is -0.352 e. The van der Waals surface area contributed by atoms with Gasteiger partial charge in [-0.25, -0.2) is 8.42 Å². The van der Waals surface area contributed by atoms with E-state index in [-0.39, 0.29) is 18.5 Å². The molecule has 0 heterocycles. The molecule has 0 saturated heterocycles. The largest absolute Gasteiger partial charge is 0.352 e. The molecule has 2 aromatic rings. The highest BCUT2D eigenvalue weighted by Gasteiger charge is 2.31. The van der Waals surface area contributed by atoms with Crippen molar-refractivity contribution >= 4 is 59.4 Å². The lowest BCUT2D eigenvalue weighted by molar-refractivity contribution is -0.139. The highest BCUT2D eigenvalue weighted by Crippen LogP contribution is 2.23. The molecular weight excluding hydrogens is 598 g/mol. The number of anilines is 1. The van der Waals surface area contributed by atoms with Crippen molar-refractivity contribution in [1.29, 1.82) is 0 Å². The first kappa shape index (κ1) is 27.7. The SMILES string of the molecule is CC(C(=O)NC1CCCCC1)N(Cc1cccc(Br)c1)C(=O)CN(c1cccc(Br)c1)S(C)(=O)=O. The number of hydrogen-bond donors (Lipinski definition) is 1. The Hall–Kier alpha value is -1.91. The number of carbonyl (C=O) groups excluding carboxylic acids is 2. The van der Waals surface area contributed by atoms with Crippen molar-refractivity contribution < 1.29 is 18.0 Å². The number of rotatable bonds is 9. The van der Waals surface area contributed by atoms with Gasteiger partial charge in [0.15, 0.2) is 0 Å². The molecule has 190 valence electrons. The van der Waals surface area contributed by atoms with Crippen LogP contribution >= 0.6 is 31.9 Å². The Bertz CT molecular complexity index is 1150. The Kier molecular flexibility index (Phi) is 9.77. The molecule has 7 nitrogen and oxygen atoms in total. The Labute approximate surface area is 224 Å². The van der Waals surface area contributed by atoms with Crippen LogP contribution in [-0.4, -0.2) is 50.0 Å². The van der Waals surface area contributed by atoms with Crippen LogP contribution in [0.3, 0.4) is 0 Å². The molecule has 1 N–H and O–H groups in total. The Morgan fingerprint density at radius 2 is 1.66 bits per heavy atom. The van der Waals surface area contributed by atoms with E-state index in [9.17, 15) is 18.0 Å². The molecule has 1 aliphatic carbocycles. The molecule has 0 aromatic heterocycles. The van der Waals surface area contributed by atoms with Gasteiger partial charge in [-0.15, -0.1) is 0 Å². The standard InChI is InChI=1S/C25H31Br2N3O4S/c1-18(25(32)28-22-11-4-3-5-12-22)29(16-19-8-6-9-20(26)14-19)24(31)17-30(35(2,33)34)23-13-7-10-21(27)15-23/h6-10,13-15,18,22H,3-5,11-12,16-17H2,1-2H3,(H,28,32). The zero-order chi connectivity index (χ0) is 25.6. The predicted octanol–water partition coefficient (Wildman–Crippen LogP) is 4.84. The van der Waals surface area contributed by atoms with Gasteiger partial charge >= 0.3 is 0 Å². The maximum atomic E-state index is 13.6. The fraction of sp³-hybridized carbons (Fsp3) is 0.440. The van der Waals surface area contributed by atoms with E-state index in [2.05, 4.69) is 37.2 Å². The van der Waals surface area contributed by atoms with Crippen LogP contribution in [0.15, 0.2) is 57.5 Å². The van der Waals surface area contributed by atoms with Crippen molar-refractivity contribution in [2.45, 2.75) is 57.7 Å². The minimum absolute atomic E-state index is 0.107. The van der Waals surface area contributed by atoms with Gasteiger partial charge in [-0.3, -0.25) is 13.9 Å². The van der Waals surface area contributed by atoms with Crippen LogP contribution in [0, 0.1) is 0 Å². The lowest BCUT2D eigenvalue weighted by atomic mass is 9.95. The highest BCUT2D eigenvalue weighted by atomic mass is 79.9. The molecule has 0 bridgehead atoms. The van der Waals surface area contributed by atoms with E-state index in [1.807, 2.05) is 24.3 Å². The van der Waals surface area contributed by atoms with Crippen molar-refractivity contribution in [3.8, 4) is 0 Å². The number of hydrogen-bond acceptors (Lipinski definition) is 4. The van der Waals surface area contributed by atoms with Crippen molar-refractivity contribution in [3.05, 3.63) is 63.0 Å². The van der Waals surface area contributed by atoms with Crippen molar-refractivity contribution in [3.63, 3.8) is 0 Å². The molecule has 1 saturated carbocycles. The summed E-state index contributed by atoms with van der Waals surface area (Å²) in [6, 6.07) is 13.6. The topological polar surface area (TPSA) is 86.8 Å². The van der Waals surface area contributed by atoms with Gasteiger partial charge in [-0.05, 0) is 55.7 Å². The van der Waals surface area contributed by atoms with Crippen LogP contribution in [0.25, 0.3) is 0 Å². The maximum absolute atomic E-state index is 13.6. The van der Waals surface area contributed by atoms with Gasteiger partial charge in [-0.1, -0.05) is 69.3 Å². The van der Waals surface area contributed by atoms with Gasteiger partial charge in [0, 0.05) is 21.5 Å². The summed E-state index contributed by atoms with van der Waals surface area (Å²) in [5.41, 5.74) is 1.20. The first-order valence-electron chi connectivity index (χ1n) is 11.6. The van der Waals surface area contributed by atoms with Crippen molar-refractivity contribution in [1.82, 2.24) is 10.2 Å². The van der Waals surface area contributed by atoms with Crippen molar-refractivity contribution in [2.24, 2.45) is 0 Å². The lowest BCUT2D eigenvalue weighted by Gasteiger charge is -2.33. The average Bonchev–Trinajstić information content (AvgIpc) is 2.80. The van der Waals surface area contributed by atoms with E-state index in [0.29, 0.717) is 10.2 Å². The molecule has 2 aromatic carbocycles. The van der Waals surface area contributed by atoms with Gasteiger partial charge in [0.25, 0.3) is 0 Å². The first-order valence-corrected chi connectivity index (χ1v) is 15.1. The summed E-state index contributed by atoms with van der Waals surface area (Å²) in [5.74, 6) is -0.685. The molecule has 1 atom stereocenters. The van der Waals surface area contributed by atoms with E-state index in [1.54, 1.807) is 31.2 Å². The zero-order valence-corrected chi connectivity index (χ0v) is 23.9. The van der Waals surface area contributed by atoms with Gasteiger partial charge in [-0.2, -0.15) is 0 Å². The number of nitrogens with one attached hydrogen (secondary N) is 1. The maximum Gasteiger partial charge on any atom is 0.244 e. The summed E-state index contributed by atoms with van der Waals surface area (Å²) < 4.78 is 27.9. The molecule has 0 radical (unpaired) electrons. The molecule has 2 amide bonds. The summed E-state index contributed by atoms with van der Waals surface area (Å²) in [5, 5.41) is 3.09. The Morgan fingerprint density at radius 3 is 2.26 bits per heavy atom. The molecule has 1 unspecified atom stereocenters. The van der Waals surface area contributed by atoms with Crippen molar-refractivity contribution in [2.75, 3.05) is 17.1 Å². The third kappa shape index (κ3) is 8.05. The number of halogens is 2. The van der Waals surface area contributed by atoms with Crippen LogP contribution in [0.4, 0.5) is 5.69 Å². The number of amides is 2. The number of carbonyl (C=O) groups is 2. The summed E-state index contributed by atoms with van der Waals surface area (Å²) in [6.45, 7) is 1.45. The quantitative estimate of drug-likeness (QED) is 0.430. The molecule has 3 rings (SSSR count). The smallest absolute Gasteiger partial charge is 0.244 e. The number of benzene rings is 2. The third-order valence-corrected chi connectivity index (χ3v) is 8.26. The Balaban J connectivity index is 1.87. The van der Waals surface area contributed by atoms with Crippen LogP contribution in [0.1, 0.15) is 44.6 Å². The van der Waals surface area contributed by atoms with E-state index in [1.165, 1.54) is 11.3 Å². The van der Waals surface area contributed by atoms with E-state index < -0.39 is 28.5 Å². The predicted molar refractivity (Wildman–Crippen MR) is 146 cm³/mol. The highest BCUT2D eigenvalue weighted by molar-refractivity contribution is 9.10. The van der Waals surface area contributed by atoms with E-state index in [4.69, 9.17) is 0 Å². The monoisotopic (exact) mass is 627 g/mol. The second-order valence-electron chi connectivity index (χ2n) is 8.92. The fourth-order valence-corrected chi connectivity index (χ4v) is 5.90. The van der Waals surface area contributed by atoms with Crippen LogP contribution in [-0.2, 0) is 26.2 Å². The molecule has 0 aliphatic heterocycles. The van der Waals surface area contributed by atoms with Crippen LogP contribution < -0.4 is 9.62 Å². The molecule has 0 spiro atoms. The normalized spacial score (nSPS) is 15.3. The molecule has 1 fully saturated rings. The Morgan fingerprint density at radius 1 is 1.03 bits per heavy atom. The number of sulfonamides is 1. The second kappa shape index (κ2) is 12.4. The van der Waals surface area contributed by atoms with Gasteiger partial charge < -0.3 is 10.2 Å². The van der Waals surface area contributed by atoms with E-state index in [0.717, 1.165) is 46.3 Å². The lowest BCUT2D eigenvalue weighted by Crippen LogP contribution is -2.52. The molecule has 10 heteroatoms.